The third kappa shape index (κ3) is 3.74. The van der Waals surface area contributed by atoms with Gasteiger partial charge in [0.2, 0.25) is 0 Å². The molecule has 0 atom stereocenters. The number of aromatic nitrogens is 1. The maximum atomic E-state index is 11.9. The van der Waals surface area contributed by atoms with Gasteiger partial charge in [-0.2, -0.15) is 0 Å². The van der Waals surface area contributed by atoms with Crippen molar-refractivity contribution in [2.75, 3.05) is 17.2 Å². The van der Waals surface area contributed by atoms with Crippen LogP contribution in [0.1, 0.15) is 19.1 Å². The number of anilines is 2. The summed E-state index contributed by atoms with van der Waals surface area (Å²) in [4.78, 5) is 11.9. The maximum absolute atomic E-state index is 11.9. The van der Waals surface area contributed by atoms with Crippen molar-refractivity contribution in [2.24, 2.45) is 0 Å². The van der Waals surface area contributed by atoms with Crippen LogP contribution in [-0.2, 0) is 0 Å². The summed E-state index contributed by atoms with van der Waals surface area (Å²) in [5, 5.41) is 9.00. The van der Waals surface area contributed by atoms with Gasteiger partial charge < -0.3 is 14.6 Å². The highest BCUT2D eigenvalue weighted by molar-refractivity contribution is 6.00. The molecule has 1 aromatic carbocycles. The molecule has 0 saturated carbocycles. The number of ether oxygens (including phenoxy) is 1. The second-order valence-electron chi connectivity index (χ2n) is 4.25. The zero-order valence-electron chi connectivity index (χ0n) is 11.5. The number of hydrogen-bond donors (Lipinski definition) is 2. The molecule has 6 nitrogen and oxygen atoms in total. The van der Waals surface area contributed by atoms with E-state index in [-0.39, 0.29) is 0 Å². The smallest absolute Gasteiger partial charge is 0.325 e. The summed E-state index contributed by atoms with van der Waals surface area (Å²) in [6.07, 6.45) is 0.902. The number of nitrogens with zero attached hydrogens (tertiary/aromatic N) is 1. The van der Waals surface area contributed by atoms with E-state index < -0.39 is 6.03 Å². The number of aryl methyl sites for hydroxylation is 1. The number of amides is 2. The quantitative estimate of drug-likeness (QED) is 0.876. The highest BCUT2D eigenvalue weighted by Gasteiger charge is 2.09. The second kappa shape index (κ2) is 6.60. The fourth-order valence-electron chi connectivity index (χ4n) is 1.60. The van der Waals surface area contributed by atoms with Gasteiger partial charge in [-0.3, -0.25) is 5.32 Å². The highest BCUT2D eigenvalue weighted by atomic mass is 16.5. The van der Waals surface area contributed by atoms with Gasteiger partial charge in [-0.05, 0) is 25.5 Å². The zero-order valence-corrected chi connectivity index (χ0v) is 11.5. The van der Waals surface area contributed by atoms with Crippen LogP contribution < -0.4 is 15.4 Å². The minimum absolute atomic E-state index is 0.368. The number of carbonyl (C=O) groups is 1. The Bertz CT molecular complexity index is 581. The molecule has 0 radical (unpaired) electrons. The van der Waals surface area contributed by atoms with E-state index in [4.69, 9.17) is 9.26 Å². The van der Waals surface area contributed by atoms with Crippen molar-refractivity contribution < 1.29 is 14.1 Å². The lowest BCUT2D eigenvalue weighted by atomic mass is 10.3. The molecule has 0 fully saturated rings. The van der Waals surface area contributed by atoms with Crippen LogP contribution in [0.15, 0.2) is 34.9 Å². The van der Waals surface area contributed by atoms with E-state index in [2.05, 4.69) is 15.8 Å². The SMILES string of the molecule is CCCOc1ccccc1NC(=O)Nc1cc(C)on1. The molecule has 2 aromatic rings. The molecule has 0 saturated heterocycles. The van der Waals surface area contributed by atoms with Gasteiger partial charge in [-0.15, -0.1) is 0 Å². The Morgan fingerprint density at radius 2 is 2.15 bits per heavy atom. The van der Waals surface area contributed by atoms with Gasteiger partial charge in [-0.1, -0.05) is 24.2 Å². The van der Waals surface area contributed by atoms with Crippen LogP contribution in [0.5, 0.6) is 5.75 Å². The Balaban J connectivity index is 2.00. The summed E-state index contributed by atoms with van der Waals surface area (Å²) in [5.74, 6) is 1.64. The van der Waals surface area contributed by atoms with Crippen LogP contribution in [-0.4, -0.2) is 17.8 Å². The summed E-state index contributed by atoms with van der Waals surface area (Å²) in [5.41, 5.74) is 0.610. The molecule has 2 N–H and O–H groups in total. The molecule has 106 valence electrons. The molecule has 0 aliphatic heterocycles. The number of urea groups is 1. The molecule has 0 unspecified atom stereocenters. The molecule has 1 aromatic heterocycles. The number of hydrogen-bond acceptors (Lipinski definition) is 4. The van der Waals surface area contributed by atoms with Gasteiger partial charge in [0.25, 0.3) is 0 Å². The molecule has 0 spiro atoms. The summed E-state index contributed by atoms with van der Waals surface area (Å²) < 4.78 is 10.4. The fraction of sp³-hybridized carbons (Fsp3) is 0.286. The van der Waals surface area contributed by atoms with Crippen molar-refractivity contribution in [2.45, 2.75) is 20.3 Å². The average molecular weight is 275 g/mol. The van der Waals surface area contributed by atoms with Gasteiger partial charge in [0, 0.05) is 6.07 Å². The first-order valence-electron chi connectivity index (χ1n) is 6.42. The van der Waals surface area contributed by atoms with Crippen LogP contribution in [0.3, 0.4) is 0 Å². The standard InChI is InChI=1S/C14H17N3O3/c1-3-8-19-12-7-5-4-6-11(12)15-14(18)16-13-9-10(2)20-17-13/h4-7,9H,3,8H2,1-2H3,(H2,15,16,17,18). The predicted octanol–water partition coefficient (Wildman–Crippen LogP) is 3.42. The molecule has 20 heavy (non-hydrogen) atoms. The number of benzene rings is 1. The molecule has 2 amide bonds. The Labute approximate surface area is 117 Å². The minimum Gasteiger partial charge on any atom is -0.491 e. The van der Waals surface area contributed by atoms with Crippen molar-refractivity contribution in [1.29, 1.82) is 0 Å². The van der Waals surface area contributed by atoms with Gasteiger partial charge in [0.05, 0.1) is 12.3 Å². The number of nitrogens with one attached hydrogen (secondary N) is 2. The lowest BCUT2D eigenvalue weighted by Gasteiger charge is -2.11. The molecule has 6 heteroatoms. The van der Waals surface area contributed by atoms with Crippen molar-refractivity contribution in [3.05, 3.63) is 36.1 Å². The molecule has 0 aliphatic rings. The average Bonchev–Trinajstić information content (AvgIpc) is 2.83. The van der Waals surface area contributed by atoms with E-state index in [1.807, 2.05) is 25.1 Å². The zero-order chi connectivity index (χ0) is 14.4. The Hall–Kier alpha value is -2.50. The predicted molar refractivity (Wildman–Crippen MR) is 76.1 cm³/mol. The first-order chi connectivity index (χ1) is 9.69. The Morgan fingerprint density at radius 3 is 2.85 bits per heavy atom. The number of para-hydroxylation sites is 2. The van der Waals surface area contributed by atoms with E-state index in [0.717, 1.165) is 6.42 Å². The summed E-state index contributed by atoms with van der Waals surface area (Å²) in [6.45, 7) is 4.38. The highest BCUT2D eigenvalue weighted by Crippen LogP contribution is 2.24. The van der Waals surface area contributed by atoms with E-state index in [1.54, 1.807) is 19.1 Å². The van der Waals surface area contributed by atoms with Crippen molar-refractivity contribution in [3.63, 3.8) is 0 Å². The minimum atomic E-state index is -0.397. The van der Waals surface area contributed by atoms with Crippen LogP contribution in [0.4, 0.5) is 16.3 Å². The lowest BCUT2D eigenvalue weighted by molar-refractivity contribution is 0.261. The van der Waals surface area contributed by atoms with Crippen LogP contribution in [0, 0.1) is 6.92 Å². The first-order valence-corrected chi connectivity index (χ1v) is 6.42. The normalized spacial score (nSPS) is 10.1. The molecular formula is C14H17N3O3. The van der Waals surface area contributed by atoms with E-state index >= 15 is 0 Å². The topological polar surface area (TPSA) is 76.4 Å². The second-order valence-corrected chi connectivity index (χ2v) is 4.25. The molecule has 0 aliphatic carbocycles. The summed E-state index contributed by atoms with van der Waals surface area (Å²) in [6, 6.07) is 8.51. The largest absolute Gasteiger partial charge is 0.491 e. The van der Waals surface area contributed by atoms with Crippen LogP contribution >= 0.6 is 0 Å². The molecular weight excluding hydrogens is 258 g/mol. The van der Waals surface area contributed by atoms with E-state index in [1.165, 1.54) is 0 Å². The summed E-state index contributed by atoms with van der Waals surface area (Å²) >= 11 is 0. The van der Waals surface area contributed by atoms with Gasteiger partial charge >= 0.3 is 6.03 Å². The molecule has 0 bridgehead atoms. The third-order valence-electron chi connectivity index (χ3n) is 2.47. The summed E-state index contributed by atoms with van der Waals surface area (Å²) in [7, 11) is 0. The van der Waals surface area contributed by atoms with Gasteiger partial charge in [0.1, 0.15) is 11.5 Å². The third-order valence-corrected chi connectivity index (χ3v) is 2.47. The van der Waals surface area contributed by atoms with E-state index in [0.29, 0.717) is 29.6 Å². The molecule has 2 rings (SSSR count). The Kier molecular flexibility index (Phi) is 4.60. The number of carbonyl (C=O) groups excluding carboxylic acids is 1. The molecule has 1 heterocycles. The van der Waals surface area contributed by atoms with E-state index in [9.17, 15) is 4.79 Å². The number of rotatable bonds is 5. The van der Waals surface area contributed by atoms with Crippen LogP contribution in [0.25, 0.3) is 0 Å². The van der Waals surface area contributed by atoms with Crippen molar-refractivity contribution in [3.8, 4) is 5.75 Å². The van der Waals surface area contributed by atoms with Crippen molar-refractivity contribution in [1.82, 2.24) is 5.16 Å². The monoisotopic (exact) mass is 275 g/mol. The Morgan fingerprint density at radius 1 is 1.35 bits per heavy atom. The van der Waals surface area contributed by atoms with Gasteiger partial charge in [0.15, 0.2) is 5.82 Å². The van der Waals surface area contributed by atoms with Crippen LogP contribution in [0.2, 0.25) is 0 Å². The first kappa shape index (κ1) is 13.9. The maximum Gasteiger partial charge on any atom is 0.325 e. The van der Waals surface area contributed by atoms with Gasteiger partial charge in [-0.25, -0.2) is 4.79 Å². The van der Waals surface area contributed by atoms with Crippen molar-refractivity contribution >= 4 is 17.5 Å². The lowest BCUT2D eigenvalue weighted by Crippen LogP contribution is -2.20. The fourth-order valence-corrected chi connectivity index (χ4v) is 1.60.